The zero-order valence-electron chi connectivity index (χ0n) is 13.4. The largest absolute Gasteiger partial charge is 0.480 e. The topological polar surface area (TPSA) is 101 Å². The van der Waals surface area contributed by atoms with E-state index in [4.69, 9.17) is 0 Å². The van der Waals surface area contributed by atoms with E-state index in [9.17, 15) is 14.7 Å². The SMILES string of the molecule is CC(C(=O)N1CCCC[C@@H]1C(=O)O)n1nnc(-c2ccccc2)n1. The third kappa shape index (κ3) is 3.12. The predicted molar refractivity (Wildman–Crippen MR) is 85.0 cm³/mol. The van der Waals surface area contributed by atoms with Gasteiger partial charge in [0, 0.05) is 12.1 Å². The lowest BCUT2D eigenvalue weighted by Gasteiger charge is -2.34. The van der Waals surface area contributed by atoms with E-state index in [0.717, 1.165) is 18.4 Å². The molecule has 2 aromatic rings. The minimum absolute atomic E-state index is 0.292. The summed E-state index contributed by atoms with van der Waals surface area (Å²) in [7, 11) is 0. The Balaban J connectivity index is 1.78. The Morgan fingerprint density at radius 3 is 2.71 bits per heavy atom. The summed E-state index contributed by atoms with van der Waals surface area (Å²) >= 11 is 0. The highest BCUT2D eigenvalue weighted by molar-refractivity contribution is 5.86. The molecule has 8 heteroatoms. The van der Waals surface area contributed by atoms with Crippen LogP contribution in [0.15, 0.2) is 30.3 Å². The van der Waals surface area contributed by atoms with Crippen LogP contribution in [0.1, 0.15) is 32.2 Å². The van der Waals surface area contributed by atoms with Crippen molar-refractivity contribution in [3.8, 4) is 11.4 Å². The Bertz CT molecular complexity index is 730. The van der Waals surface area contributed by atoms with Crippen LogP contribution in [-0.4, -0.2) is 54.7 Å². The highest BCUT2D eigenvalue weighted by atomic mass is 16.4. The Hall–Kier alpha value is -2.77. The maximum atomic E-state index is 12.7. The van der Waals surface area contributed by atoms with E-state index in [1.807, 2.05) is 30.3 Å². The number of carboxylic acid groups (broad SMARTS) is 1. The first kappa shape index (κ1) is 16.1. The van der Waals surface area contributed by atoms with Gasteiger partial charge in [0.1, 0.15) is 12.1 Å². The van der Waals surface area contributed by atoms with Gasteiger partial charge in [0.25, 0.3) is 0 Å². The maximum absolute atomic E-state index is 12.7. The average Bonchev–Trinajstić information content (AvgIpc) is 3.11. The Labute approximate surface area is 139 Å². The zero-order chi connectivity index (χ0) is 17.1. The number of piperidine rings is 1. The fourth-order valence-corrected chi connectivity index (χ4v) is 2.88. The van der Waals surface area contributed by atoms with Crippen molar-refractivity contribution >= 4 is 11.9 Å². The van der Waals surface area contributed by atoms with Crippen LogP contribution < -0.4 is 0 Å². The molecule has 126 valence electrons. The van der Waals surface area contributed by atoms with E-state index >= 15 is 0 Å². The summed E-state index contributed by atoms with van der Waals surface area (Å²) < 4.78 is 0. The van der Waals surface area contributed by atoms with E-state index < -0.39 is 18.1 Å². The van der Waals surface area contributed by atoms with Crippen molar-refractivity contribution in [2.45, 2.75) is 38.3 Å². The lowest BCUT2D eigenvalue weighted by atomic mass is 10.0. The van der Waals surface area contributed by atoms with Gasteiger partial charge in [0.15, 0.2) is 0 Å². The number of likely N-dealkylation sites (tertiary alicyclic amines) is 1. The molecule has 0 saturated carbocycles. The molecule has 3 rings (SSSR count). The molecular weight excluding hydrogens is 310 g/mol. The summed E-state index contributed by atoms with van der Waals surface area (Å²) in [5.74, 6) is -0.824. The number of carbonyl (C=O) groups is 2. The first-order valence-corrected chi connectivity index (χ1v) is 7.96. The van der Waals surface area contributed by atoms with Gasteiger partial charge in [-0.1, -0.05) is 30.3 Å². The predicted octanol–water partition coefficient (Wildman–Crippen LogP) is 1.37. The molecule has 24 heavy (non-hydrogen) atoms. The smallest absolute Gasteiger partial charge is 0.326 e. The van der Waals surface area contributed by atoms with Crippen molar-refractivity contribution in [1.29, 1.82) is 0 Å². The summed E-state index contributed by atoms with van der Waals surface area (Å²) in [4.78, 5) is 26.7. The van der Waals surface area contributed by atoms with Crippen LogP contribution in [0.5, 0.6) is 0 Å². The lowest BCUT2D eigenvalue weighted by Crippen LogP contribution is -2.50. The molecule has 0 aliphatic carbocycles. The molecule has 1 saturated heterocycles. The first-order valence-electron chi connectivity index (χ1n) is 7.96. The number of hydrogen-bond acceptors (Lipinski definition) is 5. The third-order valence-corrected chi connectivity index (χ3v) is 4.23. The maximum Gasteiger partial charge on any atom is 0.326 e. The second-order valence-electron chi connectivity index (χ2n) is 5.86. The minimum Gasteiger partial charge on any atom is -0.480 e. The van der Waals surface area contributed by atoms with Gasteiger partial charge < -0.3 is 10.0 Å². The van der Waals surface area contributed by atoms with Crippen LogP contribution in [0.2, 0.25) is 0 Å². The van der Waals surface area contributed by atoms with Crippen molar-refractivity contribution in [3.05, 3.63) is 30.3 Å². The van der Waals surface area contributed by atoms with E-state index in [0.29, 0.717) is 18.8 Å². The molecular formula is C16H19N5O3. The number of carboxylic acids is 1. The van der Waals surface area contributed by atoms with Gasteiger partial charge in [-0.05, 0) is 31.4 Å². The summed E-state index contributed by atoms with van der Waals surface area (Å²) in [5.41, 5.74) is 0.810. The number of aliphatic carboxylic acids is 1. The molecule has 0 bridgehead atoms. The Morgan fingerprint density at radius 1 is 1.25 bits per heavy atom. The molecule has 2 atom stereocenters. The number of tetrazole rings is 1. The van der Waals surface area contributed by atoms with E-state index in [-0.39, 0.29) is 5.91 Å². The van der Waals surface area contributed by atoms with Gasteiger partial charge in [-0.3, -0.25) is 4.79 Å². The first-order chi connectivity index (χ1) is 11.6. The van der Waals surface area contributed by atoms with Gasteiger partial charge in [0.05, 0.1) is 0 Å². The Kier molecular flexibility index (Phi) is 4.54. The van der Waals surface area contributed by atoms with E-state index in [1.165, 1.54) is 9.70 Å². The molecule has 1 aromatic carbocycles. The van der Waals surface area contributed by atoms with Crippen molar-refractivity contribution < 1.29 is 14.7 Å². The number of amides is 1. The van der Waals surface area contributed by atoms with Crippen LogP contribution in [0, 0.1) is 0 Å². The van der Waals surface area contributed by atoms with Gasteiger partial charge >= 0.3 is 5.97 Å². The van der Waals surface area contributed by atoms with Crippen LogP contribution in [0.3, 0.4) is 0 Å². The standard InChI is InChI=1S/C16H19N5O3/c1-11(15(22)20-10-6-5-9-13(20)16(23)24)21-18-14(17-19-21)12-7-3-2-4-8-12/h2-4,7-8,11,13H,5-6,9-10H2,1H3,(H,23,24)/t11?,13-/m1/s1. The highest BCUT2D eigenvalue weighted by Gasteiger charge is 2.35. The van der Waals surface area contributed by atoms with Crippen molar-refractivity contribution in [3.63, 3.8) is 0 Å². The summed E-state index contributed by atoms with van der Waals surface area (Å²) in [6.45, 7) is 2.10. The van der Waals surface area contributed by atoms with Crippen molar-refractivity contribution in [2.75, 3.05) is 6.54 Å². The second kappa shape index (κ2) is 6.77. The molecule has 1 fully saturated rings. The van der Waals surface area contributed by atoms with Crippen molar-refractivity contribution in [2.24, 2.45) is 0 Å². The number of aromatic nitrogens is 4. The lowest BCUT2D eigenvalue weighted by molar-refractivity contribution is -0.153. The fraction of sp³-hybridized carbons (Fsp3) is 0.438. The van der Waals surface area contributed by atoms with E-state index in [1.54, 1.807) is 6.92 Å². The number of rotatable bonds is 4. The summed E-state index contributed by atoms with van der Waals surface area (Å²) in [5, 5.41) is 21.5. The Morgan fingerprint density at radius 2 is 2.00 bits per heavy atom. The molecule has 2 heterocycles. The number of benzene rings is 1. The highest BCUT2D eigenvalue weighted by Crippen LogP contribution is 2.21. The summed E-state index contributed by atoms with van der Waals surface area (Å²) in [6.07, 6.45) is 2.10. The quantitative estimate of drug-likeness (QED) is 0.909. The summed E-state index contributed by atoms with van der Waals surface area (Å²) in [6, 6.07) is 7.88. The fourth-order valence-electron chi connectivity index (χ4n) is 2.88. The third-order valence-electron chi connectivity index (χ3n) is 4.23. The molecule has 1 N–H and O–H groups in total. The monoisotopic (exact) mass is 329 g/mol. The molecule has 1 aliphatic rings. The van der Waals surface area contributed by atoms with Gasteiger partial charge in [-0.15, -0.1) is 10.2 Å². The number of nitrogens with zero attached hydrogens (tertiary/aromatic N) is 5. The normalized spacial score (nSPS) is 19.0. The van der Waals surface area contributed by atoms with Gasteiger partial charge in [0.2, 0.25) is 11.7 Å². The molecule has 1 unspecified atom stereocenters. The second-order valence-corrected chi connectivity index (χ2v) is 5.86. The molecule has 1 aliphatic heterocycles. The van der Waals surface area contributed by atoms with Crippen LogP contribution in [-0.2, 0) is 9.59 Å². The van der Waals surface area contributed by atoms with Crippen molar-refractivity contribution in [1.82, 2.24) is 25.1 Å². The van der Waals surface area contributed by atoms with E-state index in [2.05, 4.69) is 15.4 Å². The number of carbonyl (C=O) groups excluding carboxylic acids is 1. The average molecular weight is 329 g/mol. The molecule has 1 aromatic heterocycles. The molecule has 1 amide bonds. The van der Waals surface area contributed by atoms with Crippen LogP contribution in [0.25, 0.3) is 11.4 Å². The van der Waals surface area contributed by atoms with Gasteiger partial charge in [-0.25, -0.2) is 4.79 Å². The molecule has 8 nitrogen and oxygen atoms in total. The minimum atomic E-state index is -0.966. The molecule has 0 radical (unpaired) electrons. The van der Waals surface area contributed by atoms with Crippen LogP contribution in [0.4, 0.5) is 0 Å². The molecule has 0 spiro atoms. The zero-order valence-corrected chi connectivity index (χ0v) is 13.4. The van der Waals surface area contributed by atoms with Gasteiger partial charge in [-0.2, -0.15) is 4.80 Å². The number of hydrogen-bond donors (Lipinski definition) is 1. The van der Waals surface area contributed by atoms with Crippen LogP contribution >= 0.6 is 0 Å².